The lowest BCUT2D eigenvalue weighted by Crippen LogP contribution is -2.34. The van der Waals surface area contributed by atoms with Gasteiger partial charge in [0.2, 0.25) is 0 Å². The highest BCUT2D eigenvalue weighted by Gasteiger charge is 2.17. The summed E-state index contributed by atoms with van der Waals surface area (Å²) in [5.41, 5.74) is 3.60. The lowest BCUT2D eigenvalue weighted by molar-refractivity contribution is 0.0216. The van der Waals surface area contributed by atoms with Gasteiger partial charge in [0.05, 0.1) is 6.10 Å². The third-order valence-corrected chi connectivity index (χ3v) is 3.83. The van der Waals surface area contributed by atoms with E-state index in [0.29, 0.717) is 6.10 Å². The molecule has 0 spiro atoms. The molecule has 1 fully saturated rings. The SMILES string of the molecule is CCNCc1cnc(C)cc1N(C)CC1CCCCO1. The summed E-state index contributed by atoms with van der Waals surface area (Å²) in [4.78, 5) is 6.74. The van der Waals surface area contributed by atoms with E-state index in [0.717, 1.165) is 31.9 Å². The van der Waals surface area contributed by atoms with E-state index < -0.39 is 0 Å². The molecule has 0 aromatic carbocycles. The van der Waals surface area contributed by atoms with Crippen molar-refractivity contribution in [2.24, 2.45) is 0 Å². The minimum Gasteiger partial charge on any atom is -0.376 e. The van der Waals surface area contributed by atoms with Gasteiger partial charge in [0, 0.05) is 49.9 Å². The summed E-state index contributed by atoms with van der Waals surface area (Å²) in [6.45, 7) is 7.89. The van der Waals surface area contributed by atoms with E-state index in [1.165, 1.54) is 30.5 Å². The number of aryl methyl sites for hydroxylation is 1. The predicted molar refractivity (Wildman–Crippen MR) is 83.2 cm³/mol. The van der Waals surface area contributed by atoms with Crippen LogP contribution in [-0.2, 0) is 11.3 Å². The Kier molecular flexibility index (Phi) is 5.80. The Morgan fingerprint density at radius 1 is 1.45 bits per heavy atom. The van der Waals surface area contributed by atoms with Crippen LogP contribution in [0.25, 0.3) is 0 Å². The summed E-state index contributed by atoms with van der Waals surface area (Å²) in [5, 5.41) is 3.39. The molecule has 0 radical (unpaired) electrons. The molecule has 2 rings (SSSR count). The van der Waals surface area contributed by atoms with Crippen molar-refractivity contribution in [1.29, 1.82) is 0 Å². The Bertz CT molecular complexity index is 416. The van der Waals surface area contributed by atoms with Crippen LogP contribution in [0.3, 0.4) is 0 Å². The number of hydrogen-bond donors (Lipinski definition) is 1. The molecule has 0 aliphatic carbocycles. The first-order chi connectivity index (χ1) is 9.70. The first-order valence-corrected chi connectivity index (χ1v) is 7.69. The smallest absolute Gasteiger partial charge is 0.0749 e. The van der Waals surface area contributed by atoms with Crippen LogP contribution in [-0.4, -0.2) is 37.8 Å². The van der Waals surface area contributed by atoms with Crippen LogP contribution < -0.4 is 10.2 Å². The fourth-order valence-corrected chi connectivity index (χ4v) is 2.68. The zero-order valence-electron chi connectivity index (χ0n) is 13.0. The molecule has 0 bridgehead atoms. The zero-order valence-corrected chi connectivity index (χ0v) is 13.0. The maximum absolute atomic E-state index is 5.85. The van der Waals surface area contributed by atoms with Crippen molar-refractivity contribution in [3.63, 3.8) is 0 Å². The number of nitrogens with one attached hydrogen (secondary N) is 1. The van der Waals surface area contributed by atoms with Crippen molar-refractivity contribution in [3.05, 3.63) is 23.5 Å². The monoisotopic (exact) mass is 277 g/mol. The highest BCUT2D eigenvalue weighted by Crippen LogP contribution is 2.22. The number of anilines is 1. The second-order valence-corrected chi connectivity index (χ2v) is 5.60. The van der Waals surface area contributed by atoms with Gasteiger partial charge in [-0.1, -0.05) is 6.92 Å². The average Bonchev–Trinajstić information content (AvgIpc) is 2.47. The number of aromatic nitrogens is 1. The van der Waals surface area contributed by atoms with Gasteiger partial charge in [0.15, 0.2) is 0 Å². The maximum Gasteiger partial charge on any atom is 0.0749 e. The summed E-state index contributed by atoms with van der Waals surface area (Å²) < 4.78 is 5.85. The number of ether oxygens (including phenoxy) is 1. The predicted octanol–water partition coefficient (Wildman–Crippen LogP) is 2.50. The highest BCUT2D eigenvalue weighted by molar-refractivity contribution is 5.53. The number of nitrogens with zero attached hydrogens (tertiary/aromatic N) is 2. The van der Waals surface area contributed by atoms with Crippen LogP contribution in [0.4, 0.5) is 5.69 Å². The quantitative estimate of drug-likeness (QED) is 0.867. The van der Waals surface area contributed by atoms with E-state index in [-0.39, 0.29) is 0 Å². The van der Waals surface area contributed by atoms with Crippen molar-refractivity contribution in [3.8, 4) is 0 Å². The number of likely N-dealkylation sites (N-methyl/N-ethyl adjacent to an activating group) is 1. The van der Waals surface area contributed by atoms with Gasteiger partial charge in [-0.25, -0.2) is 0 Å². The van der Waals surface area contributed by atoms with Gasteiger partial charge < -0.3 is 15.0 Å². The molecule has 0 saturated carbocycles. The van der Waals surface area contributed by atoms with E-state index in [1.807, 2.05) is 13.1 Å². The molecule has 4 heteroatoms. The summed E-state index contributed by atoms with van der Waals surface area (Å²) >= 11 is 0. The lowest BCUT2D eigenvalue weighted by Gasteiger charge is -2.30. The summed E-state index contributed by atoms with van der Waals surface area (Å²) in [5.74, 6) is 0. The van der Waals surface area contributed by atoms with Gasteiger partial charge >= 0.3 is 0 Å². The van der Waals surface area contributed by atoms with Gasteiger partial charge in [0.1, 0.15) is 0 Å². The minimum atomic E-state index is 0.370. The molecule has 1 aliphatic heterocycles. The molecule has 0 amide bonds. The molecule has 112 valence electrons. The fraction of sp³-hybridized carbons (Fsp3) is 0.688. The van der Waals surface area contributed by atoms with E-state index in [4.69, 9.17) is 4.74 Å². The Labute approximate surface area is 122 Å². The molecule has 1 aromatic rings. The topological polar surface area (TPSA) is 37.4 Å². The molecule has 1 N–H and O–H groups in total. The molecule has 20 heavy (non-hydrogen) atoms. The minimum absolute atomic E-state index is 0.370. The van der Waals surface area contributed by atoms with Crippen LogP contribution in [0.5, 0.6) is 0 Å². The van der Waals surface area contributed by atoms with Crippen molar-refractivity contribution in [2.45, 2.75) is 45.8 Å². The van der Waals surface area contributed by atoms with Crippen molar-refractivity contribution < 1.29 is 4.74 Å². The van der Waals surface area contributed by atoms with Crippen molar-refractivity contribution in [1.82, 2.24) is 10.3 Å². The second kappa shape index (κ2) is 7.60. The molecule has 1 unspecified atom stereocenters. The van der Waals surface area contributed by atoms with Crippen LogP contribution in [0.1, 0.15) is 37.4 Å². The third kappa shape index (κ3) is 4.18. The summed E-state index contributed by atoms with van der Waals surface area (Å²) in [7, 11) is 2.15. The first kappa shape index (κ1) is 15.3. The molecule has 1 atom stereocenters. The highest BCUT2D eigenvalue weighted by atomic mass is 16.5. The Balaban J connectivity index is 2.06. The van der Waals surface area contributed by atoms with Gasteiger partial charge in [-0.3, -0.25) is 4.98 Å². The standard InChI is InChI=1S/C16H27N3O/c1-4-17-10-14-11-18-13(2)9-16(14)19(3)12-15-7-5-6-8-20-15/h9,11,15,17H,4-8,10,12H2,1-3H3. The van der Waals surface area contributed by atoms with E-state index in [2.05, 4.69) is 35.2 Å². The maximum atomic E-state index is 5.85. The Morgan fingerprint density at radius 3 is 3.00 bits per heavy atom. The Morgan fingerprint density at radius 2 is 2.30 bits per heavy atom. The van der Waals surface area contributed by atoms with Gasteiger partial charge in [-0.05, 0) is 38.8 Å². The van der Waals surface area contributed by atoms with Crippen LogP contribution in [0.2, 0.25) is 0 Å². The molecule has 1 saturated heterocycles. The van der Waals surface area contributed by atoms with Gasteiger partial charge in [-0.15, -0.1) is 0 Å². The number of rotatable bonds is 6. The van der Waals surface area contributed by atoms with Gasteiger partial charge in [-0.2, -0.15) is 0 Å². The fourth-order valence-electron chi connectivity index (χ4n) is 2.68. The largest absolute Gasteiger partial charge is 0.376 e. The third-order valence-electron chi connectivity index (χ3n) is 3.83. The number of hydrogen-bond acceptors (Lipinski definition) is 4. The van der Waals surface area contributed by atoms with Crippen molar-refractivity contribution >= 4 is 5.69 Å². The van der Waals surface area contributed by atoms with E-state index in [1.54, 1.807) is 0 Å². The van der Waals surface area contributed by atoms with Crippen LogP contribution in [0.15, 0.2) is 12.3 Å². The molecule has 2 heterocycles. The van der Waals surface area contributed by atoms with Crippen LogP contribution in [0, 0.1) is 6.92 Å². The molecule has 1 aliphatic rings. The summed E-state index contributed by atoms with van der Waals surface area (Å²) in [6.07, 6.45) is 6.04. The van der Waals surface area contributed by atoms with Crippen LogP contribution >= 0.6 is 0 Å². The average molecular weight is 277 g/mol. The first-order valence-electron chi connectivity index (χ1n) is 7.69. The molecule has 1 aromatic heterocycles. The van der Waals surface area contributed by atoms with Gasteiger partial charge in [0.25, 0.3) is 0 Å². The second-order valence-electron chi connectivity index (χ2n) is 5.60. The molecular weight excluding hydrogens is 250 g/mol. The Hall–Kier alpha value is -1.13. The molecule has 4 nitrogen and oxygen atoms in total. The zero-order chi connectivity index (χ0) is 14.4. The summed E-state index contributed by atoms with van der Waals surface area (Å²) in [6, 6.07) is 2.18. The van der Waals surface area contributed by atoms with E-state index in [9.17, 15) is 0 Å². The lowest BCUT2D eigenvalue weighted by atomic mass is 10.1. The van der Waals surface area contributed by atoms with Crippen molar-refractivity contribution in [2.75, 3.05) is 31.6 Å². The normalized spacial score (nSPS) is 19.1. The van der Waals surface area contributed by atoms with E-state index >= 15 is 0 Å². The molecular formula is C16H27N3O. The number of pyridine rings is 1.